The summed E-state index contributed by atoms with van der Waals surface area (Å²) in [5, 5.41) is 0.898. The summed E-state index contributed by atoms with van der Waals surface area (Å²) in [5.41, 5.74) is 0. The van der Waals surface area contributed by atoms with Crippen LogP contribution < -0.4 is 0 Å². The third-order valence-corrected chi connectivity index (χ3v) is 3.14. The van der Waals surface area contributed by atoms with E-state index >= 15 is 0 Å². The van der Waals surface area contributed by atoms with Gasteiger partial charge in [0.25, 0.3) is 0 Å². The summed E-state index contributed by atoms with van der Waals surface area (Å²) in [4.78, 5) is 13.9. The fraction of sp³-hybridized carbons (Fsp3) is 0.300. The van der Waals surface area contributed by atoms with E-state index in [1.165, 1.54) is 4.88 Å². The Hall–Kier alpha value is -1.29. The molecule has 2 aromatic rings. The third-order valence-electron chi connectivity index (χ3n) is 1.85. The molecule has 0 radical (unpaired) electrons. The number of hydrogen-bond donors (Lipinski definition) is 0. The molecule has 0 saturated heterocycles. The average molecular weight is 205 g/mol. The van der Waals surface area contributed by atoms with Crippen molar-refractivity contribution in [3.8, 4) is 10.8 Å². The fourth-order valence-corrected chi connectivity index (χ4v) is 1.93. The minimum atomic E-state index is 0.518. The molecule has 0 unspecified atom stereocenters. The maximum atomic E-state index is 4.30. The number of thiazole rings is 1. The predicted octanol–water partition coefficient (Wildman–Crippen LogP) is 2.72. The Morgan fingerprint density at radius 3 is 2.43 bits per heavy atom. The van der Waals surface area contributed by atoms with Gasteiger partial charge >= 0.3 is 0 Å². The van der Waals surface area contributed by atoms with Crippen LogP contribution in [-0.4, -0.2) is 15.0 Å². The monoisotopic (exact) mass is 205 g/mol. The summed E-state index contributed by atoms with van der Waals surface area (Å²) in [5.74, 6) is 1.23. The van der Waals surface area contributed by atoms with E-state index in [1.54, 1.807) is 29.8 Å². The molecule has 2 heterocycles. The first-order chi connectivity index (χ1) is 6.77. The molecule has 4 heteroatoms. The molecule has 0 aliphatic carbocycles. The van der Waals surface area contributed by atoms with Gasteiger partial charge in [0.05, 0.1) is 0 Å². The van der Waals surface area contributed by atoms with Crippen LogP contribution in [0.4, 0.5) is 0 Å². The number of rotatable bonds is 2. The topological polar surface area (TPSA) is 38.7 Å². The van der Waals surface area contributed by atoms with E-state index in [2.05, 4.69) is 28.8 Å². The third kappa shape index (κ3) is 1.80. The molecule has 14 heavy (non-hydrogen) atoms. The summed E-state index contributed by atoms with van der Waals surface area (Å²) in [6.07, 6.45) is 5.37. The summed E-state index contributed by atoms with van der Waals surface area (Å²) in [7, 11) is 0. The van der Waals surface area contributed by atoms with E-state index in [9.17, 15) is 0 Å². The van der Waals surface area contributed by atoms with E-state index in [4.69, 9.17) is 0 Å². The molecular weight excluding hydrogens is 194 g/mol. The molecule has 72 valence electrons. The molecule has 0 saturated carbocycles. The van der Waals surface area contributed by atoms with Crippen LogP contribution in [0.15, 0.2) is 24.7 Å². The van der Waals surface area contributed by atoms with Crippen molar-refractivity contribution in [1.82, 2.24) is 15.0 Å². The van der Waals surface area contributed by atoms with Gasteiger partial charge in [-0.25, -0.2) is 15.0 Å². The summed E-state index contributed by atoms with van der Waals surface area (Å²) >= 11 is 1.66. The molecule has 0 aliphatic heterocycles. The Bertz CT molecular complexity index is 408. The van der Waals surface area contributed by atoms with Gasteiger partial charge in [-0.15, -0.1) is 11.3 Å². The van der Waals surface area contributed by atoms with E-state index < -0.39 is 0 Å². The van der Waals surface area contributed by atoms with Crippen LogP contribution in [0, 0.1) is 0 Å². The lowest BCUT2D eigenvalue weighted by Gasteiger charge is -1.96. The fourth-order valence-electron chi connectivity index (χ4n) is 1.07. The van der Waals surface area contributed by atoms with Crippen molar-refractivity contribution in [1.29, 1.82) is 0 Å². The standard InChI is InChI=1S/C10H11N3S/c1-7(2)8-6-13-10(14-8)9-11-4-3-5-12-9/h3-7H,1-2H3. The molecule has 2 aromatic heterocycles. The van der Waals surface area contributed by atoms with E-state index in [0.29, 0.717) is 11.7 Å². The summed E-state index contributed by atoms with van der Waals surface area (Å²) < 4.78 is 0. The van der Waals surface area contributed by atoms with E-state index in [0.717, 1.165) is 5.01 Å². The van der Waals surface area contributed by atoms with Crippen LogP contribution in [0.25, 0.3) is 10.8 Å². The van der Waals surface area contributed by atoms with Gasteiger partial charge in [0.15, 0.2) is 10.8 Å². The van der Waals surface area contributed by atoms with Crippen molar-refractivity contribution in [2.45, 2.75) is 19.8 Å². The minimum absolute atomic E-state index is 0.518. The molecule has 0 amide bonds. The summed E-state index contributed by atoms with van der Waals surface area (Å²) in [6.45, 7) is 4.31. The van der Waals surface area contributed by atoms with Gasteiger partial charge in [-0.2, -0.15) is 0 Å². The maximum Gasteiger partial charge on any atom is 0.188 e. The van der Waals surface area contributed by atoms with Crippen molar-refractivity contribution in [2.75, 3.05) is 0 Å². The first-order valence-corrected chi connectivity index (χ1v) is 5.32. The second-order valence-electron chi connectivity index (χ2n) is 3.29. The number of nitrogens with zero attached hydrogens (tertiary/aromatic N) is 3. The highest BCUT2D eigenvalue weighted by Gasteiger charge is 2.08. The minimum Gasteiger partial charge on any atom is -0.241 e. The molecule has 0 aliphatic rings. The van der Waals surface area contributed by atoms with Gasteiger partial charge in [0.1, 0.15) is 0 Å². The second-order valence-corrected chi connectivity index (χ2v) is 4.36. The Morgan fingerprint density at radius 1 is 1.14 bits per heavy atom. The smallest absolute Gasteiger partial charge is 0.188 e. The Kier molecular flexibility index (Phi) is 2.54. The highest BCUT2D eigenvalue weighted by atomic mass is 32.1. The second kappa shape index (κ2) is 3.84. The van der Waals surface area contributed by atoms with Gasteiger partial charge in [0, 0.05) is 23.5 Å². The number of hydrogen-bond acceptors (Lipinski definition) is 4. The van der Waals surface area contributed by atoms with Crippen molar-refractivity contribution < 1.29 is 0 Å². The first kappa shape index (κ1) is 9.27. The molecular formula is C10H11N3S. The molecule has 0 aromatic carbocycles. The van der Waals surface area contributed by atoms with Crippen molar-refractivity contribution >= 4 is 11.3 Å². The Balaban J connectivity index is 2.34. The van der Waals surface area contributed by atoms with Gasteiger partial charge in [-0.3, -0.25) is 0 Å². The van der Waals surface area contributed by atoms with Crippen LogP contribution in [-0.2, 0) is 0 Å². The lowest BCUT2D eigenvalue weighted by Crippen LogP contribution is -1.84. The van der Waals surface area contributed by atoms with Gasteiger partial charge in [-0.1, -0.05) is 13.8 Å². The van der Waals surface area contributed by atoms with Gasteiger partial charge < -0.3 is 0 Å². The molecule has 0 fully saturated rings. The molecule has 3 nitrogen and oxygen atoms in total. The molecule has 0 bridgehead atoms. The highest BCUT2D eigenvalue weighted by Crippen LogP contribution is 2.26. The summed E-state index contributed by atoms with van der Waals surface area (Å²) in [6, 6.07) is 1.81. The first-order valence-electron chi connectivity index (χ1n) is 4.50. The quantitative estimate of drug-likeness (QED) is 0.756. The number of aromatic nitrogens is 3. The van der Waals surface area contributed by atoms with Crippen LogP contribution in [0.1, 0.15) is 24.6 Å². The zero-order chi connectivity index (χ0) is 9.97. The molecule has 0 N–H and O–H groups in total. The lowest BCUT2D eigenvalue weighted by molar-refractivity contribution is 0.885. The van der Waals surface area contributed by atoms with Crippen molar-refractivity contribution in [3.05, 3.63) is 29.5 Å². The Morgan fingerprint density at radius 2 is 1.86 bits per heavy atom. The lowest BCUT2D eigenvalue weighted by atomic mass is 10.2. The molecule has 2 rings (SSSR count). The highest BCUT2D eigenvalue weighted by molar-refractivity contribution is 7.15. The zero-order valence-electron chi connectivity index (χ0n) is 8.14. The van der Waals surface area contributed by atoms with Gasteiger partial charge in [0.2, 0.25) is 0 Å². The average Bonchev–Trinajstić information content (AvgIpc) is 2.68. The van der Waals surface area contributed by atoms with Crippen molar-refractivity contribution in [2.24, 2.45) is 0 Å². The largest absolute Gasteiger partial charge is 0.241 e. The van der Waals surface area contributed by atoms with Crippen LogP contribution >= 0.6 is 11.3 Å². The maximum absolute atomic E-state index is 4.30. The molecule has 0 atom stereocenters. The SMILES string of the molecule is CC(C)c1cnc(-c2ncccn2)s1. The van der Waals surface area contributed by atoms with Crippen LogP contribution in [0.2, 0.25) is 0 Å². The normalized spacial score (nSPS) is 10.8. The van der Waals surface area contributed by atoms with Crippen LogP contribution in [0.5, 0.6) is 0 Å². The van der Waals surface area contributed by atoms with Crippen molar-refractivity contribution in [3.63, 3.8) is 0 Å². The molecule has 0 spiro atoms. The van der Waals surface area contributed by atoms with E-state index in [1.807, 2.05) is 6.20 Å². The predicted molar refractivity (Wildman–Crippen MR) is 57.2 cm³/mol. The zero-order valence-corrected chi connectivity index (χ0v) is 8.95. The van der Waals surface area contributed by atoms with E-state index in [-0.39, 0.29) is 0 Å². The van der Waals surface area contributed by atoms with Crippen LogP contribution in [0.3, 0.4) is 0 Å². The Labute approximate surface area is 86.9 Å². The van der Waals surface area contributed by atoms with Gasteiger partial charge in [-0.05, 0) is 12.0 Å².